The average Bonchev–Trinajstić information content (AvgIpc) is 3.01. The van der Waals surface area contributed by atoms with Crippen LogP contribution >= 0.6 is 0 Å². The lowest BCUT2D eigenvalue weighted by Crippen LogP contribution is -2.23. The maximum absolute atomic E-state index is 10.8. The number of pyridine rings is 1. The van der Waals surface area contributed by atoms with E-state index in [1.807, 2.05) is 18.2 Å². The SMILES string of the molecule is C=Cc1cc2c(O[C@H]3CN[C@H](C=O)C3)nccc2cc1OC. The van der Waals surface area contributed by atoms with Gasteiger partial charge in [0.15, 0.2) is 0 Å². The van der Waals surface area contributed by atoms with Crippen molar-refractivity contribution in [2.75, 3.05) is 13.7 Å². The first-order valence-corrected chi connectivity index (χ1v) is 7.19. The lowest BCUT2D eigenvalue weighted by atomic mass is 10.1. The number of carbonyl (C=O) groups excluding carboxylic acids is 1. The molecule has 1 aliphatic heterocycles. The van der Waals surface area contributed by atoms with E-state index in [4.69, 9.17) is 9.47 Å². The molecule has 0 amide bonds. The minimum Gasteiger partial charge on any atom is -0.496 e. The Morgan fingerprint density at radius 3 is 3.00 bits per heavy atom. The van der Waals surface area contributed by atoms with Gasteiger partial charge in [0, 0.05) is 30.1 Å². The van der Waals surface area contributed by atoms with Crippen LogP contribution in [0.4, 0.5) is 0 Å². The highest BCUT2D eigenvalue weighted by Gasteiger charge is 2.25. The summed E-state index contributed by atoms with van der Waals surface area (Å²) in [5, 5.41) is 5.01. The molecule has 1 N–H and O–H groups in total. The normalized spacial score (nSPS) is 20.8. The first kappa shape index (κ1) is 14.5. The zero-order valence-corrected chi connectivity index (χ0v) is 12.4. The van der Waals surface area contributed by atoms with Crippen LogP contribution in [0.2, 0.25) is 0 Å². The minimum atomic E-state index is -0.135. The van der Waals surface area contributed by atoms with Gasteiger partial charge in [-0.3, -0.25) is 0 Å². The number of rotatable bonds is 5. The van der Waals surface area contributed by atoms with Gasteiger partial charge in [-0.05, 0) is 23.6 Å². The molecule has 1 saturated heterocycles. The smallest absolute Gasteiger partial charge is 0.221 e. The van der Waals surface area contributed by atoms with Crippen LogP contribution in [0.5, 0.6) is 11.6 Å². The number of nitrogens with one attached hydrogen (secondary N) is 1. The Kier molecular flexibility index (Phi) is 4.06. The van der Waals surface area contributed by atoms with Crippen molar-refractivity contribution in [2.24, 2.45) is 0 Å². The van der Waals surface area contributed by atoms with Crippen molar-refractivity contribution in [1.29, 1.82) is 0 Å². The summed E-state index contributed by atoms with van der Waals surface area (Å²) in [4.78, 5) is 15.2. The van der Waals surface area contributed by atoms with E-state index < -0.39 is 0 Å². The van der Waals surface area contributed by atoms with Crippen LogP contribution in [0.1, 0.15) is 12.0 Å². The summed E-state index contributed by atoms with van der Waals surface area (Å²) < 4.78 is 11.4. The van der Waals surface area contributed by atoms with Gasteiger partial charge >= 0.3 is 0 Å². The Labute approximate surface area is 128 Å². The van der Waals surface area contributed by atoms with E-state index in [0.717, 1.165) is 28.4 Å². The van der Waals surface area contributed by atoms with Crippen LogP contribution in [0.3, 0.4) is 0 Å². The van der Waals surface area contributed by atoms with Gasteiger partial charge in [0.1, 0.15) is 18.1 Å². The van der Waals surface area contributed by atoms with Crippen molar-refractivity contribution < 1.29 is 14.3 Å². The molecule has 3 rings (SSSR count). The lowest BCUT2D eigenvalue weighted by Gasteiger charge is -2.14. The number of methoxy groups -OCH3 is 1. The fraction of sp³-hybridized carbons (Fsp3) is 0.294. The predicted molar refractivity (Wildman–Crippen MR) is 85.3 cm³/mol. The van der Waals surface area contributed by atoms with Crippen molar-refractivity contribution in [2.45, 2.75) is 18.6 Å². The average molecular weight is 298 g/mol. The van der Waals surface area contributed by atoms with Gasteiger partial charge in [-0.2, -0.15) is 0 Å². The molecule has 0 spiro atoms. The number of fused-ring (bicyclic) bond motifs is 1. The second-order valence-electron chi connectivity index (χ2n) is 5.26. The second kappa shape index (κ2) is 6.15. The number of hydrogen-bond donors (Lipinski definition) is 1. The number of aromatic nitrogens is 1. The summed E-state index contributed by atoms with van der Waals surface area (Å²) in [6.07, 6.45) is 4.98. The summed E-state index contributed by atoms with van der Waals surface area (Å²) in [7, 11) is 1.64. The molecular weight excluding hydrogens is 280 g/mol. The van der Waals surface area contributed by atoms with Crippen LogP contribution in [-0.4, -0.2) is 37.1 Å². The monoisotopic (exact) mass is 298 g/mol. The molecule has 1 aliphatic rings. The first-order chi connectivity index (χ1) is 10.7. The highest BCUT2D eigenvalue weighted by Crippen LogP contribution is 2.32. The van der Waals surface area contributed by atoms with Gasteiger partial charge in [0.2, 0.25) is 5.88 Å². The van der Waals surface area contributed by atoms with Gasteiger partial charge in [0.05, 0.1) is 13.2 Å². The Morgan fingerprint density at radius 2 is 2.32 bits per heavy atom. The zero-order valence-electron chi connectivity index (χ0n) is 12.4. The van der Waals surface area contributed by atoms with Crippen molar-refractivity contribution in [3.05, 3.63) is 36.5 Å². The maximum atomic E-state index is 10.8. The van der Waals surface area contributed by atoms with Crippen molar-refractivity contribution >= 4 is 23.1 Å². The number of carbonyl (C=O) groups is 1. The summed E-state index contributed by atoms with van der Waals surface area (Å²) in [6, 6.07) is 5.69. The standard InChI is InChI=1S/C17H18N2O3/c1-3-11-6-15-12(7-16(11)21-2)4-5-18-17(15)22-14-8-13(10-20)19-9-14/h3-7,10,13-14,19H,1,8-9H2,2H3/t13-,14+/m0/s1. The van der Waals surface area contributed by atoms with Gasteiger partial charge in [-0.15, -0.1) is 0 Å². The Hall–Kier alpha value is -2.40. The van der Waals surface area contributed by atoms with Gasteiger partial charge in [-0.1, -0.05) is 12.7 Å². The molecule has 0 bridgehead atoms. The fourth-order valence-corrected chi connectivity index (χ4v) is 2.70. The van der Waals surface area contributed by atoms with E-state index in [1.165, 1.54) is 0 Å². The van der Waals surface area contributed by atoms with E-state index >= 15 is 0 Å². The van der Waals surface area contributed by atoms with Crippen LogP contribution < -0.4 is 14.8 Å². The van der Waals surface area contributed by atoms with Crippen LogP contribution in [-0.2, 0) is 4.79 Å². The number of ether oxygens (including phenoxy) is 2. The van der Waals surface area contributed by atoms with Crippen molar-refractivity contribution in [3.63, 3.8) is 0 Å². The predicted octanol–water partition coefficient (Wildman–Crippen LogP) is 2.19. The van der Waals surface area contributed by atoms with E-state index in [2.05, 4.69) is 16.9 Å². The zero-order chi connectivity index (χ0) is 15.5. The molecule has 1 aromatic heterocycles. The highest BCUT2D eigenvalue weighted by atomic mass is 16.5. The van der Waals surface area contributed by atoms with Crippen LogP contribution in [0.15, 0.2) is 31.0 Å². The molecule has 22 heavy (non-hydrogen) atoms. The largest absolute Gasteiger partial charge is 0.496 e. The first-order valence-electron chi connectivity index (χ1n) is 7.19. The molecule has 0 radical (unpaired) electrons. The third kappa shape index (κ3) is 2.67. The highest BCUT2D eigenvalue weighted by molar-refractivity contribution is 5.90. The molecular formula is C17H18N2O3. The third-order valence-corrected chi connectivity index (χ3v) is 3.87. The molecule has 1 aromatic carbocycles. The minimum absolute atomic E-state index is 0.0532. The molecule has 5 heteroatoms. The quantitative estimate of drug-likeness (QED) is 0.857. The molecule has 2 atom stereocenters. The number of aldehydes is 1. The van der Waals surface area contributed by atoms with E-state index in [-0.39, 0.29) is 12.1 Å². The number of nitrogens with zero attached hydrogens (tertiary/aromatic N) is 1. The summed E-state index contributed by atoms with van der Waals surface area (Å²) in [5.74, 6) is 1.34. The molecule has 5 nitrogen and oxygen atoms in total. The molecule has 1 fully saturated rings. The Morgan fingerprint density at radius 1 is 1.45 bits per heavy atom. The van der Waals surface area contributed by atoms with Gasteiger partial charge in [-0.25, -0.2) is 4.98 Å². The third-order valence-electron chi connectivity index (χ3n) is 3.87. The van der Waals surface area contributed by atoms with Crippen LogP contribution in [0, 0.1) is 0 Å². The molecule has 0 unspecified atom stereocenters. The Balaban J connectivity index is 1.96. The van der Waals surface area contributed by atoms with Crippen molar-refractivity contribution in [1.82, 2.24) is 10.3 Å². The fourth-order valence-electron chi connectivity index (χ4n) is 2.70. The number of hydrogen-bond acceptors (Lipinski definition) is 5. The van der Waals surface area contributed by atoms with E-state index in [0.29, 0.717) is 18.8 Å². The molecule has 2 heterocycles. The van der Waals surface area contributed by atoms with E-state index in [1.54, 1.807) is 19.4 Å². The van der Waals surface area contributed by atoms with Gasteiger partial charge < -0.3 is 19.6 Å². The number of benzene rings is 1. The summed E-state index contributed by atoms with van der Waals surface area (Å²) >= 11 is 0. The van der Waals surface area contributed by atoms with Crippen LogP contribution in [0.25, 0.3) is 16.8 Å². The maximum Gasteiger partial charge on any atom is 0.221 e. The Bertz CT molecular complexity index is 714. The second-order valence-corrected chi connectivity index (χ2v) is 5.26. The van der Waals surface area contributed by atoms with E-state index in [9.17, 15) is 4.79 Å². The topological polar surface area (TPSA) is 60.5 Å². The summed E-state index contributed by atoms with van der Waals surface area (Å²) in [6.45, 7) is 4.46. The molecule has 0 saturated carbocycles. The summed E-state index contributed by atoms with van der Waals surface area (Å²) in [5.41, 5.74) is 0.892. The molecule has 114 valence electrons. The van der Waals surface area contributed by atoms with Gasteiger partial charge in [0.25, 0.3) is 0 Å². The molecule has 0 aliphatic carbocycles. The molecule has 2 aromatic rings. The lowest BCUT2D eigenvalue weighted by molar-refractivity contribution is -0.109. The van der Waals surface area contributed by atoms with Crippen molar-refractivity contribution in [3.8, 4) is 11.6 Å².